The third-order valence-corrected chi connectivity index (χ3v) is 14.4. The van der Waals surface area contributed by atoms with Crippen LogP contribution >= 0.6 is 0 Å². The first kappa shape index (κ1) is 48.6. The van der Waals surface area contributed by atoms with Crippen molar-refractivity contribution >= 4 is 8.07 Å². The standard InChI is InChI=1S/C43H92NSi.ClH/c1-7-9-11-13-15-17-19-21-23-25-27-29-31-33-35-37-40-44(3,4)41-39-43-45(5,6)42-38-36-34-32-30-28-26-24-22-20-18-16-14-12-10-8-2;/h7-43H2,1-6H3;1H/q+1;/p-1. The van der Waals surface area contributed by atoms with Gasteiger partial charge in [0, 0.05) is 8.07 Å². The molecule has 0 saturated heterocycles. The van der Waals surface area contributed by atoms with Crippen molar-refractivity contribution in [2.24, 2.45) is 0 Å². The van der Waals surface area contributed by atoms with Crippen LogP contribution < -0.4 is 12.4 Å². The molecule has 0 spiro atoms. The van der Waals surface area contributed by atoms with Crippen molar-refractivity contribution in [3.8, 4) is 0 Å². The number of hydrogen-bond donors (Lipinski definition) is 0. The lowest BCUT2D eigenvalue weighted by molar-refractivity contribution is -0.890. The van der Waals surface area contributed by atoms with Gasteiger partial charge in [-0.2, -0.15) is 0 Å². The van der Waals surface area contributed by atoms with Crippen LogP contribution in [0.25, 0.3) is 0 Å². The highest BCUT2D eigenvalue weighted by Crippen LogP contribution is 2.23. The summed E-state index contributed by atoms with van der Waals surface area (Å²) in [4.78, 5) is 0. The summed E-state index contributed by atoms with van der Waals surface area (Å²) in [5.41, 5.74) is 0. The van der Waals surface area contributed by atoms with Gasteiger partial charge in [0.15, 0.2) is 0 Å². The molecule has 0 aromatic rings. The Bertz CT molecular complexity index is 515. The second-order valence-corrected chi connectivity index (χ2v) is 22.3. The van der Waals surface area contributed by atoms with Crippen molar-refractivity contribution in [1.82, 2.24) is 0 Å². The Morgan fingerprint density at radius 3 is 0.826 bits per heavy atom. The lowest BCUT2D eigenvalue weighted by Gasteiger charge is -2.31. The maximum atomic E-state index is 2.67. The van der Waals surface area contributed by atoms with Crippen molar-refractivity contribution in [1.29, 1.82) is 0 Å². The molecule has 0 aromatic carbocycles. The van der Waals surface area contributed by atoms with Crippen molar-refractivity contribution in [3.05, 3.63) is 0 Å². The Morgan fingerprint density at radius 2 is 0.522 bits per heavy atom. The molecule has 0 rings (SSSR count). The van der Waals surface area contributed by atoms with E-state index in [1.165, 1.54) is 229 Å². The Morgan fingerprint density at radius 1 is 0.304 bits per heavy atom. The fraction of sp³-hybridized carbons (Fsp3) is 1.00. The van der Waals surface area contributed by atoms with Crippen LogP contribution in [0.3, 0.4) is 0 Å². The van der Waals surface area contributed by atoms with E-state index in [0.717, 1.165) is 0 Å². The van der Waals surface area contributed by atoms with E-state index in [0.29, 0.717) is 0 Å². The summed E-state index contributed by atoms with van der Waals surface area (Å²) in [6, 6.07) is 3.12. The Kier molecular flexibility index (Phi) is 38.8. The van der Waals surface area contributed by atoms with E-state index < -0.39 is 8.07 Å². The minimum atomic E-state index is -0.997. The average molecular weight is 687 g/mol. The molecule has 0 aliphatic carbocycles. The topological polar surface area (TPSA) is 0 Å². The fourth-order valence-corrected chi connectivity index (χ4v) is 10.0. The van der Waals surface area contributed by atoms with Crippen LogP contribution in [-0.2, 0) is 0 Å². The van der Waals surface area contributed by atoms with Gasteiger partial charge >= 0.3 is 0 Å². The van der Waals surface area contributed by atoms with Crippen molar-refractivity contribution in [2.75, 3.05) is 27.2 Å². The summed E-state index contributed by atoms with van der Waals surface area (Å²) in [6.45, 7) is 12.8. The summed E-state index contributed by atoms with van der Waals surface area (Å²) < 4.78 is 1.25. The predicted molar refractivity (Wildman–Crippen MR) is 213 cm³/mol. The van der Waals surface area contributed by atoms with Gasteiger partial charge in [-0.3, -0.25) is 0 Å². The van der Waals surface area contributed by atoms with Crippen LogP contribution in [0.4, 0.5) is 0 Å². The molecule has 3 heteroatoms. The highest BCUT2D eigenvalue weighted by atomic mass is 35.5. The normalized spacial score (nSPS) is 12.1. The average Bonchev–Trinajstić information content (AvgIpc) is 3.00. The first-order valence-corrected chi connectivity index (χ1v) is 25.1. The molecule has 0 atom stereocenters. The summed E-state index contributed by atoms with van der Waals surface area (Å²) in [7, 11) is 3.99. The van der Waals surface area contributed by atoms with Gasteiger partial charge in [0.2, 0.25) is 0 Å². The number of hydrogen-bond acceptors (Lipinski definition) is 0. The van der Waals surface area contributed by atoms with Crippen molar-refractivity contribution < 1.29 is 16.9 Å². The third kappa shape index (κ3) is 38.9. The summed E-state index contributed by atoms with van der Waals surface area (Å²) >= 11 is 0. The molecule has 0 radical (unpaired) electrons. The maximum Gasteiger partial charge on any atom is 0.0782 e. The quantitative estimate of drug-likeness (QED) is 0.0345. The molecule has 46 heavy (non-hydrogen) atoms. The van der Waals surface area contributed by atoms with Crippen LogP contribution in [0, 0.1) is 0 Å². The number of halogens is 1. The lowest BCUT2D eigenvalue weighted by atomic mass is 10.0. The highest BCUT2D eigenvalue weighted by Gasteiger charge is 2.22. The molecule has 0 saturated carbocycles. The number of nitrogens with zero attached hydrogens (tertiary/aromatic N) is 1. The maximum absolute atomic E-state index is 2.67. The summed E-state index contributed by atoms with van der Waals surface area (Å²) in [5, 5.41) is 0. The molecule has 0 unspecified atom stereocenters. The zero-order chi connectivity index (χ0) is 33.2. The molecular weight excluding hydrogens is 594 g/mol. The van der Waals surface area contributed by atoms with Gasteiger partial charge in [0.05, 0.1) is 27.2 Å². The molecule has 0 N–H and O–H groups in total. The van der Waals surface area contributed by atoms with Crippen molar-refractivity contribution in [3.63, 3.8) is 0 Å². The number of rotatable bonds is 38. The SMILES string of the molecule is CCCCCCCCCCCCCCCCCC[N+](C)(C)CCC[Si](C)(C)CCCCCCCCCCCCCCCCCC.[Cl-]. The Labute approximate surface area is 302 Å². The van der Waals surface area contributed by atoms with E-state index in [1.54, 1.807) is 12.1 Å². The largest absolute Gasteiger partial charge is 1.00 e. The minimum Gasteiger partial charge on any atom is -1.00 e. The smallest absolute Gasteiger partial charge is 0.0782 e. The second-order valence-electron chi connectivity index (χ2n) is 17.0. The molecule has 0 aliphatic rings. The summed E-state index contributed by atoms with van der Waals surface area (Å²) in [5.74, 6) is 0. The number of quaternary nitrogens is 1. The van der Waals surface area contributed by atoms with E-state index in [2.05, 4.69) is 41.0 Å². The molecule has 0 heterocycles. The summed E-state index contributed by atoms with van der Waals surface area (Å²) in [6.07, 6.45) is 48.6. The van der Waals surface area contributed by atoms with Gasteiger partial charge in [-0.1, -0.05) is 232 Å². The van der Waals surface area contributed by atoms with E-state index >= 15 is 0 Å². The number of unbranched alkanes of at least 4 members (excludes halogenated alkanes) is 30. The fourth-order valence-electron chi connectivity index (χ4n) is 7.46. The van der Waals surface area contributed by atoms with Gasteiger partial charge in [-0.15, -0.1) is 0 Å². The third-order valence-electron chi connectivity index (χ3n) is 10.9. The first-order valence-electron chi connectivity index (χ1n) is 21.6. The van der Waals surface area contributed by atoms with E-state index in [1.807, 2.05) is 0 Å². The Hall–Kier alpha value is 0.467. The van der Waals surface area contributed by atoms with Gasteiger partial charge in [-0.05, 0) is 19.3 Å². The zero-order valence-electron chi connectivity index (χ0n) is 33.5. The van der Waals surface area contributed by atoms with Gasteiger partial charge in [-0.25, -0.2) is 0 Å². The predicted octanol–water partition coefficient (Wildman–Crippen LogP) is 12.7. The van der Waals surface area contributed by atoms with Gasteiger partial charge in [0.25, 0.3) is 0 Å². The van der Waals surface area contributed by atoms with Crippen LogP contribution in [0.5, 0.6) is 0 Å². The molecular formula is C43H92ClNSi. The van der Waals surface area contributed by atoms with Crippen LogP contribution in [-0.4, -0.2) is 39.7 Å². The van der Waals surface area contributed by atoms with E-state index in [-0.39, 0.29) is 12.4 Å². The minimum absolute atomic E-state index is 0. The zero-order valence-corrected chi connectivity index (χ0v) is 35.2. The first-order chi connectivity index (χ1) is 21.8. The van der Waals surface area contributed by atoms with E-state index in [9.17, 15) is 0 Å². The molecule has 0 aliphatic heterocycles. The molecule has 0 aromatic heterocycles. The molecule has 0 fully saturated rings. The monoisotopic (exact) mass is 686 g/mol. The lowest BCUT2D eigenvalue weighted by Crippen LogP contribution is -3.00. The van der Waals surface area contributed by atoms with Crippen LogP contribution in [0.2, 0.25) is 25.2 Å². The molecule has 280 valence electrons. The molecule has 0 amide bonds. The van der Waals surface area contributed by atoms with E-state index in [4.69, 9.17) is 0 Å². The molecule has 0 bridgehead atoms. The second kappa shape index (κ2) is 36.7. The highest BCUT2D eigenvalue weighted by molar-refractivity contribution is 6.77. The van der Waals surface area contributed by atoms with Crippen LogP contribution in [0.1, 0.15) is 226 Å². The van der Waals surface area contributed by atoms with Gasteiger partial charge < -0.3 is 16.9 Å². The Balaban J connectivity index is 0. The van der Waals surface area contributed by atoms with Crippen LogP contribution in [0.15, 0.2) is 0 Å². The molecule has 1 nitrogen and oxygen atoms in total. The van der Waals surface area contributed by atoms with Crippen molar-refractivity contribution in [2.45, 2.75) is 251 Å². The van der Waals surface area contributed by atoms with Gasteiger partial charge in [0.1, 0.15) is 0 Å².